The second-order valence-corrected chi connectivity index (χ2v) is 5.14. The Morgan fingerprint density at radius 1 is 1.00 bits per heavy atom. The highest BCUT2D eigenvalue weighted by atomic mass is 16.3. The SMILES string of the molecule is CCc1ccc(C(O)CCc2cccc(C)c2)cc1. The number of aliphatic hydroxyl groups is 1. The normalized spacial score (nSPS) is 12.4. The first kappa shape index (κ1) is 13.8. The maximum absolute atomic E-state index is 10.2. The van der Waals surface area contributed by atoms with Crippen molar-refractivity contribution in [1.29, 1.82) is 0 Å². The molecule has 19 heavy (non-hydrogen) atoms. The van der Waals surface area contributed by atoms with Crippen LogP contribution in [-0.2, 0) is 12.8 Å². The van der Waals surface area contributed by atoms with Gasteiger partial charge >= 0.3 is 0 Å². The first-order chi connectivity index (χ1) is 9.19. The molecule has 0 aliphatic heterocycles. The third-order valence-electron chi connectivity index (χ3n) is 3.56. The quantitative estimate of drug-likeness (QED) is 0.847. The van der Waals surface area contributed by atoms with Crippen molar-refractivity contribution in [2.45, 2.75) is 39.2 Å². The Kier molecular flexibility index (Phi) is 4.75. The van der Waals surface area contributed by atoms with Gasteiger partial charge < -0.3 is 5.11 Å². The summed E-state index contributed by atoms with van der Waals surface area (Å²) in [5.74, 6) is 0. The van der Waals surface area contributed by atoms with Crippen molar-refractivity contribution in [3.8, 4) is 0 Å². The summed E-state index contributed by atoms with van der Waals surface area (Å²) in [5, 5.41) is 10.2. The Morgan fingerprint density at radius 3 is 2.37 bits per heavy atom. The average Bonchev–Trinajstić information content (AvgIpc) is 2.45. The number of aryl methyl sites for hydroxylation is 3. The molecule has 1 unspecified atom stereocenters. The molecule has 0 spiro atoms. The van der Waals surface area contributed by atoms with Crippen molar-refractivity contribution < 1.29 is 5.11 Å². The summed E-state index contributed by atoms with van der Waals surface area (Å²) >= 11 is 0. The summed E-state index contributed by atoms with van der Waals surface area (Å²) in [7, 11) is 0. The molecule has 2 aromatic carbocycles. The molecule has 0 saturated carbocycles. The molecule has 1 atom stereocenters. The van der Waals surface area contributed by atoms with Crippen LogP contribution in [0.2, 0.25) is 0 Å². The van der Waals surface area contributed by atoms with E-state index in [2.05, 4.69) is 50.2 Å². The summed E-state index contributed by atoms with van der Waals surface area (Å²) < 4.78 is 0. The van der Waals surface area contributed by atoms with Crippen LogP contribution in [0.5, 0.6) is 0 Å². The molecule has 2 rings (SSSR count). The first-order valence-corrected chi connectivity index (χ1v) is 7.01. The molecule has 0 aliphatic carbocycles. The summed E-state index contributed by atoms with van der Waals surface area (Å²) in [6.07, 6.45) is 2.36. The van der Waals surface area contributed by atoms with E-state index in [0.717, 1.165) is 24.8 Å². The molecule has 0 aromatic heterocycles. The largest absolute Gasteiger partial charge is 0.388 e. The van der Waals surface area contributed by atoms with Crippen molar-refractivity contribution in [1.82, 2.24) is 0 Å². The highest BCUT2D eigenvalue weighted by Crippen LogP contribution is 2.20. The van der Waals surface area contributed by atoms with E-state index in [1.165, 1.54) is 16.7 Å². The van der Waals surface area contributed by atoms with Crippen LogP contribution < -0.4 is 0 Å². The molecule has 0 heterocycles. The minimum absolute atomic E-state index is 0.369. The second-order valence-electron chi connectivity index (χ2n) is 5.14. The lowest BCUT2D eigenvalue weighted by Crippen LogP contribution is -2.00. The molecule has 0 fully saturated rings. The topological polar surface area (TPSA) is 20.2 Å². The average molecular weight is 254 g/mol. The summed E-state index contributed by atoms with van der Waals surface area (Å²) in [6, 6.07) is 16.8. The van der Waals surface area contributed by atoms with Gasteiger partial charge in [0.15, 0.2) is 0 Å². The number of aliphatic hydroxyl groups excluding tert-OH is 1. The lowest BCUT2D eigenvalue weighted by molar-refractivity contribution is 0.168. The lowest BCUT2D eigenvalue weighted by atomic mass is 9.99. The minimum Gasteiger partial charge on any atom is -0.388 e. The standard InChI is InChI=1S/C18H22O/c1-3-15-7-10-17(11-8-15)18(19)12-9-16-6-4-5-14(2)13-16/h4-8,10-11,13,18-19H,3,9,12H2,1-2H3. The molecule has 2 aromatic rings. The van der Waals surface area contributed by atoms with Crippen LogP contribution in [0.1, 0.15) is 41.7 Å². The monoisotopic (exact) mass is 254 g/mol. The van der Waals surface area contributed by atoms with E-state index in [1.807, 2.05) is 12.1 Å². The molecular formula is C18H22O. The van der Waals surface area contributed by atoms with Gasteiger partial charge in [0, 0.05) is 0 Å². The van der Waals surface area contributed by atoms with Crippen LogP contribution >= 0.6 is 0 Å². The van der Waals surface area contributed by atoms with E-state index < -0.39 is 0 Å². The molecule has 1 N–H and O–H groups in total. The second kappa shape index (κ2) is 6.53. The van der Waals surface area contributed by atoms with E-state index in [-0.39, 0.29) is 6.10 Å². The van der Waals surface area contributed by atoms with Gasteiger partial charge in [-0.25, -0.2) is 0 Å². The molecule has 0 amide bonds. The van der Waals surface area contributed by atoms with Gasteiger partial charge in [-0.05, 0) is 42.9 Å². The van der Waals surface area contributed by atoms with Gasteiger partial charge in [-0.1, -0.05) is 61.0 Å². The molecule has 0 radical (unpaired) electrons. The minimum atomic E-state index is -0.369. The molecule has 0 aliphatic rings. The van der Waals surface area contributed by atoms with Crippen LogP contribution in [0.15, 0.2) is 48.5 Å². The zero-order valence-electron chi connectivity index (χ0n) is 11.8. The molecule has 0 saturated heterocycles. The van der Waals surface area contributed by atoms with Crippen LogP contribution in [0.25, 0.3) is 0 Å². The fourth-order valence-electron chi connectivity index (χ4n) is 2.31. The van der Waals surface area contributed by atoms with Gasteiger partial charge in [0.2, 0.25) is 0 Å². The van der Waals surface area contributed by atoms with Crippen molar-refractivity contribution in [3.05, 3.63) is 70.8 Å². The van der Waals surface area contributed by atoms with Gasteiger partial charge in [0.25, 0.3) is 0 Å². The Labute approximate surface area is 115 Å². The van der Waals surface area contributed by atoms with Gasteiger partial charge in [-0.15, -0.1) is 0 Å². The van der Waals surface area contributed by atoms with E-state index >= 15 is 0 Å². The number of hydrogen-bond acceptors (Lipinski definition) is 1. The van der Waals surface area contributed by atoms with Crippen molar-refractivity contribution in [2.75, 3.05) is 0 Å². The molecule has 1 nitrogen and oxygen atoms in total. The zero-order chi connectivity index (χ0) is 13.7. The maximum atomic E-state index is 10.2. The van der Waals surface area contributed by atoms with Gasteiger partial charge in [0.05, 0.1) is 6.10 Å². The smallest absolute Gasteiger partial charge is 0.0793 e. The predicted octanol–water partition coefficient (Wildman–Crippen LogP) is 4.22. The Balaban J connectivity index is 1.95. The Morgan fingerprint density at radius 2 is 1.74 bits per heavy atom. The fourth-order valence-corrected chi connectivity index (χ4v) is 2.31. The highest BCUT2D eigenvalue weighted by molar-refractivity contribution is 5.25. The van der Waals surface area contributed by atoms with Gasteiger partial charge in [0.1, 0.15) is 0 Å². The summed E-state index contributed by atoms with van der Waals surface area (Å²) in [6.45, 7) is 4.24. The van der Waals surface area contributed by atoms with Crippen molar-refractivity contribution in [3.63, 3.8) is 0 Å². The molecule has 0 bridgehead atoms. The molecular weight excluding hydrogens is 232 g/mol. The zero-order valence-corrected chi connectivity index (χ0v) is 11.8. The van der Waals surface area contributed by atoms with Crippen LogP contribution in [0, 0.1) is 6.92 Å². The van der Waals surface area contributed by atoms with Crippen LogP contribution in [0.3, 0.4) is 0 Å². The number of benzene rings is 2. The molecule has 100 valence electrons. The van der Waals surface area contributed by atoms with Crippen molar-refractivity contribution >= 4 is 0 Å². The van der Waals surface area contributed by atoms with E-state index in [9.17, 15) is 5.11 Å². The Hall–Kier alpha value is -1.60. The lowest BCUT2D eigenvalue weighted by Gasteiger charge is -2.12. The number of rotatable bonds is 5. The maximum Gasteiger partial charge on any atom is 0.0793 e. The summed E-state index contributed by atoms with van der Waals surface area (Å²) in [4.78, 5) is 0. The van der Waals surface area contributed by atoms with Crippen LogP contribution in [-0.4, -0.2) is 5.11 Å². The highest BCUT2D eigenvalue weighted by Gasteiger charge is 2.07. The fraction of sp³-hybridized carbons (Fsp3) is 0.333. The predicted molar refractivity (Wildman–Crippen MR) is 80.3 cm³/mol. The van der Waals surface area contributed by atoms with Gasteiger partial charge in [-0.2, -0.15) is 0 Å². The van der Waals surface area contributed by atoms with Crippen LogP contribution in [0.4, 0.5) is 0 Å². The third kappa shape index (κ3) is 3.93. The first-order valence-electron chi connectivity index (χ1n) is 7.01. The van der Waals surface area contributed by atoms with Crippen molar-refractivity contribution in [2.24, 2.45) is 0 Å². The molecule has 1 heteroatoms. The van der Waals surface area contributed by atoms with E-state index in [4.69, 9.17) is 0 Å². The Bertz CT molecular complexity index is 513. The third-order valence-corrected chi connectivity index (χ3v) is 3.56. The van der Waals surface area contributed by atoms with Gasteiger partial charge in [-0.3, -0.25) is 0 Å². The van der Waals surface area contributed by atoms with E-state index in [1.54, 1.807) is 0 Å². The summed E-state index contributed by atoms with van der Waals surface area (Å²) in [5.41, 5.74) is 4.91. The van der Waals surface area contributed by atoms with E-state index in [0.29, 0.717) is 0 Å². The number of hydrogen-bond donors (Lipinski definition) is 1.